The maximum Gasteiger partial charge on any atom is 0.472 e. The van der Waals surface area contributed by atoms with Crippen molar-refractivity contribution in [2.75, 3.05) is 39.6 Å². The predicted molar refractivity (Wildman–Crippen MR) is 377 cm³/mol. The van der Waals surface area contributed by atoms with Crippen molar-refractivity contribution >= 4 is 39.5 Å². The molecule has 0 heterocycles. The second-order valence-corrected chi connectivity index (χ2v) is 30.8. The summed E-state index contributed by atoms with van der Waals surface area (Å²) >= 11 is 0. The second kappa shape index (κ2) is 64.7. The number of aliphatic hydroxyl groups excluding tert-OH is 1. The third-order valence-corrected chi connectivity index (χ3v) is 19.4. The Bertz CT molecular complexity index is 1820. The summed E-state index contributed by atoms with van der Waals surface area (Å²) in [7, 11) is -9.91. The number of aliphatic hydroxyl groups is 1. The zero-order valence-electron chi connectivity index (χ0n) is 60.7. The summed E-state index contributed by atoms with van der Waals surface area (Å²) < 4.78 is 68.4. The first-order valence-electron chi connectivity index (χ1n) is 38.4. The first-order chi connectivity index (χ1) is 44.8. The minimum Gasteiger partial charge on any atom is -0.462 e. The highest BCUT2D eigenvalue weighted by atomic mass is 31.2. The first-order valence-corrected chi connectivity index (χ1v) is 41.4. The van der Waals surface area contributed by atoms with Crippen LogP contribution in [0, 0.1) is 17.8 Å². The molecule has 0 amide bonds. The van der Waals surface area contributed by atoms with Crippen LogP contribution in [0.25, 0.3) is 0 Å². The smallest absolute Gasteiger partial charge is 0.462 e. The van der Waals surface area contributed by atoms with Gasteiger partial charge in [-0.15, -0.1) is 0 Å². The van der Waals surface area contributed by atoms with E-state index >= 15 is 0 Å². The molecule has 93 heavy (non-hydrogen) atoms. The van der Waals surface area contributed by atoms with Gasteiger partial charge in [-0.25, -0.2) is 9.13 Å². The maximum atomic E-state index is 13.1. The van der Waals surface area contributed by atoms with E-state index < -0.39 is 97.5 Å². The highest BCUT2D eigenvalue weighted by Gasteiger charge is 2.30. The van der Waals surface area contributed by atoms with E-state index in [9.17, 15) is 43.2 Å². The molecule has 3 unspecified atom stereocenters. The van der Waals surface area contributed by atoms with E-state index in [1.54, 1.807) is 0 Å². The Morgan fingerprint density at radius 3 is 0.817 bits per heavy atom. The molecule has 0 aromatic rings. The number of rotatable bonds is 72. The van der Waals surface area contributed by atoms with Gasteiger partial charge < -0.3 is 33.8 Å². The van der Waals surface area contributed by atoms with E-state index in [-0.39, 0.29) is 25.7 Å². The van der Waals surface area contributed by atoms with Gasteiger partial charge in [0.15, 0.2) is 12.2 Å². The van der Waals surface area contributed by atoms with Gasteiger partial charge in [0.1, 0.15) is 19.3 Å². The Labute approximate surface area is 568 Å². The normalized spacial score (nSPS) is 14.4. The highest BCUT2D eigenvalue weighted by molar-refractivity contribution is 7.47. The van der Waals surface area contributed by atoms with Crippen LogP contribution in [-0.2, 0) is 65.4 Å². The van der Waals surface area contributed by atoms with E-state index in [0.29, 0.717) is 25.7 Å². The molecule has 0 aliphatic heterocycles. The van der Waals surface area contributed by atoms with E-state index in [4.69, 9.17) is 37.0 Å². The SMILES string of the molecule is CCCCCCCCCCCCCCC(=O)O[C@H](COC(=O)CCCCCCCCC(C)CC)COP(=O)(O)OC[C@H](O)COP(=O)(O)OC[C@@H](COC(=O)CCCCCCCCCCCCCC(C)C)OC(=O)CCCCCCCCCCCCCCCCC(C)C. The number of unbranched alkanes of at least 4 members (excludes halogenated alkanes) is 39. The molecule has 3 N–H and O–H groups in total. The Morgan fingerprint density at radius 1 is 0.312 bits per heavy atom. The van der Waals surface area contributed by atoms with Gasteiger partial charge in [0.25, 0.3) is 0 Å². The van der Waals surface area contributed by atoms with Gasteiger partial charge in [0.2, 0.25) is 0 Å². The van der Waals surface area contributed by atoms with Crippen LogP contribution in [0.4, 0.5) is 0 Å². The van der Waals surface area contributed by atoms with Gasteiger partial charge in [-0.05, 0) is 43.4 Å². The van der Waals surface area contributed by atoms with Crippen LogP contribution >= 0.6 is 15.6 Å². The number of carbonyl (C=O) groups is 4. The average Bonchev–Trinajstić information content (AvgIpc) is 2.45. The van der Waals surface area contributed by atoms with Crippen molar-refractivity contribution in [1.82, 2.24) is 0 Å². The van der Waals surface area contributed by atoms with E-state index in [1.807, 2.05) is 0 Å². The van der Waals surface area contributed by atoms with Crippen LogP contribution in [0.5, 0.6) is 0 Å². The highest BCUT2D eigenvalue weighted by Crippen LogP contribution is 2.45. The lowest BCUT2D eigenvalue weighted by Gasteiger charge is -2.21. The van der Waals surface area contributed by atoms with Crippen LogP contribution in [0.1, 0.15) is 376 Å². The maximum absolute atomic E-state index is 13.1. The summed E-state index contributed by atoms with van der Waals surface area (Å²) in [6.45, 7) is 11.9. The topological polar surface area (TPSA) is 237 Å². The number of esters is 4. The number of carbonyl (C=O) groups excluding carboxylic acids is 4. The lowest BCUT2D eigenvalue weighted by atomic mass is 10.00. The standard InChI is InChI=1S/C74H144O17P2/c1-8-10-11-12-13-14-15-23-29-34-43-50-57-73(78)91-70(62-85-72(77)56-49-42-37-36-40-47-54-67(7)9-2)64-89-93(82,83)87-60-68(75)59-86-92(80,81)88-63-69(61-84-71(76)55-48-41-33-28-25-20-22-27-32-39-46-53-66(5)6)90-74(79)58-51-44-35-30-24-19-17-16-18-21-26-31-38-45-52-65(3)4/h65-70,75H,8-64H2,1-7H3,(H,80,81)(H,82,83)/t67?,68-,69-,70-/m1/s1. The first kappa shape index (κ1) is 91.1. The zero-order chi connectivity index (χ0) is 68.7. The second-order valence-electron chi connectivity index (χ2n) is 27.9. The summed E-state index contributed by atoms with van der Waals surface area (Å²) in [5.41, 5.74) is 0. The van der Waals surface area contributed by atoms with Crippen molar-refractivity contribution in [3.05, 3.63) is 0 Å². The molecule has 0 fully saturated rings. The average molecular weight is 1370 g/mol. The van der Waals surface area contributed by atoms with E-state index in [2.05, 4.69) is 48.5 Å². The van der Waals surface area contributed by atoms with Gasteiger partial charge in [-0.1, -0.05) is 325 Å². The minimum atomic E-state index is -4.96. The molecule has 0 bridgehead atoms. The molecule has 552 valence electrons. The fourth-order valence-electron chi connectivity index (χ4n) is 11.2. The molecule has 19 heteroatoms. The molecular formula is C74H144O17P2. The molecule has 0 saturated heterocycles. The molecule has 0 aromatic heterocycles. The number of phosphoric ester groups is 2. The van der Waals surface area contributed by atoms with E-state index in [0.717, 1.165) is 114 Å². The van der Waals surface area contributed by atoms with Crippen molar-refractivity contribution in [3.63, 3.8) is 0 Å². The molecule has 0 spiro atoms. The molecule has 0 aliphatic carbocycles. The van der Waals surface area contributed by atoms with Gasteiger partial charge in [-0.2, -0.15) is 0 Å². The third-order valence-electron chi connectivity index (χ3n) is 17.5. The fraction of sp³-hybridized carbons (Fsp3) is 0.946. The van der Waals surface area contributed by atoms with Crippen LogP contribution in [0.2, 0.25) is 0 Å². The van der Waals surface area contributed by atoms with Crippen molar-refractivity contribution in [2.24, 2.45) is 17.8 Å². The largest absolute Gasteiger partial charge is 0.472 e. The summed E-state index contributed by atoms with van der Waals surface area (Å²) in [5.74, 6) is 0.177. The molecule has 0 saturated carbocycles. The third kappa shape index (κ3) is 67.0. The monoisotopic (exact) mass is 1370 g/mol. The summed E-state index contributed by atoms with van der Waals surface area (Å²) in [6.07, 6.45) is 49.9. The van der Waals surface area contributed by atoms with Crippen molar-refractivity contribution in [3.8, 4) is 0 Å². The Balaban J connectivity index is 5.25. The predicted octanol–water partition coefficient (Wildman–Crippen LogP) is 21.4. The van der Waals surface area contributed by atoms with Gasteiger partial charge >= 0.3 is 39.5 Å². The van der Waals surface area contributed by atoms with Crippen LogP contribution in [0.3, 0.4) is 0 Å². The lowest BCUT2D eigenvalue weighted by Crippen LogP contribution is -2.30. The summed E-state index contributed by atoms with van der Waals surface area (Å²) in [6, 6.07) is 0. The number of hydrogen-bond acceptors (Lipinski definition) is 15. The molecular weight excluding hydrogens is 1220 g/mol. The van der Waals surface area contributed by atoms with Crippen molar-refractivity contribution in [2.45, 2.75) is 394 Å². The Hall–Kier alpha value is -1.94. The molecule has 6 atom stereocenters. The summed E-state index contributed by atoms with van der Waals surface area (Å²) in [5, 5.41) is 10.6. The van der Waals surface area contributed by atoms with Crippen molar-refractivity contribution in [1.29, 1.82) is 0 Å². The summed E-state index contributed by atoms with van der Waals surface area (Å²) in [4.78, 5) is 72.7. The number of ether oxygens (including phenoxy) is 4. The van der Waals surface area contributed by atoms with Crippen LogP contribution < -0.4 is 0 Å². The fourth-order valence-corrected chi connectivity index (χ4v) is 12.8. The number of phosphoric acid groups is 2. The van der Waals surface area contributed by atoms with Gasteiger partial charge in [0.05, 0.1) is 26.4 Å². The number of hydrogen-bond donors (Lipinski definition) is 3. The molecule has 17 nitrogen and oxygen atoms in total. The Morgan fingerprint density at radius 2 is 0.548 bits per heavy atom. The zero-order valence-corrected chi connectivity index (χ0v) is 62.5. The Kier molecular flexibility index (Phi) is 63.4. The van der Waals surface area contributed by atoms with E-state index in [1.165, 1.54) is 180 Å². The van der Waals surface area contributed by atoms with Crippen LogP contribution in [0.15, 0.2) is 0 Å². The molecule has 0 aromatic carbocycles. The van der Waals surface area contributed by atoms with Crippen LogP contribution in [-0.4, -0.2) is 96.7 Å². The quantitative estimate of drug-likeness (QED) is 0.0222. The van der Waals surface area contributed by atoms with Gasteiger partial charge in [0, 0.05) is 25.7 Å². The molecule has 0 rings (SSSR count). The molecule has 0 radical (unpaired) electrons. The van der Waals surface area contributed by atoms with Gasteiger partial charge in [-0.3, -0.25) is 37.3 Å². The molecule has 0 aliphatic rings. The van der Waals surface area contributed by atoms with Crippen molar-refractivity contribution < 1.29 is 80.2 Å². The minimum absolute atomic E-state index is 0.106. The lowest BCUT2D eigenvalue weighted by molar-refractivity contribution is -0.161.